The second-order valence-electron chi connectivity index (χ2n) is 9.37. The minimum Gasteiger partial charge on any atom is -0.368 e. The van der Waals surface area contributed by atoms with E-state index < -0.39 is 24.8 Å². The lowest BCUT2D eigenvalue weighted by Gasteiger charge is -2.39. The van der Waals surface area contributed by atoms with E-state index in [-0.39, 0.29) is 16.9 Å². The number of halogens is 5. The first-order valence-electron chi connectivity index (χ1n) is 11.4. The van der Waals surface area contributed by atoms with Crippen LogP contribution in [0.2, 0.25) is 0 Å². The summed E-state index contributed by atoms with van der Waals surface area (Å²) in [4.78, 5) is 20.4. The van der Waals surface area contributed by atoms with Gasteiger partial charge >= 0.3 is 6.18 Å². The Hall–Kier alpha value is -3.12. The highest BCUT2D eigenvalue weighted by Crippen LogP contribution is 2.44. The van der Waals surface area contributed by atoms with Crippen LogP contribution in [-0.2, 0) is 12.7 Å². The molecule has 0 bridgehead atoms. The largest absolute Gasteiger partial charge is 0.435 e. The summed E-state index contributed by atoms with van der Waals surface area (Å²) >= 11 is 0. The molecular weight excluding hydrogens is 471 g/mol. The van der Waals surface area contributed by atoms with E-state index in [9.17, 15) is 22.0 Å². The minimum atomic E-state index is -4.55. The molecule has 0 saturated carbocycles. The molecule has 0 amide bonds. The molecule has 8 nitrogen and oxygen atoms in total. The molecule has 1 spiro atoms. The highest BCUT2D eigenvalue weighted by molar-refractivity contribution is 5.74. The molecule has 0 aromatic carbocycles. The molecule has 35 heavy (non-hydrogen) atoms. The summed E-state index contributed by atoms with van der Waals surface area (Å²) < 4.78 is 67.8. The van der Waals surface area contributed by atoms with Crippen LogP contribution in [0.4, 0.5) is 33.5 Å². The van der Waals surface area contributed by atoms with Crippen LogP contribution in [0.1, 0.15) is 36.5 Å². The summed E-state index contributed by atoms with van der Waals surface area (Å²) in [7, 11) is 0. The van der Waals surface area contributed by atoms with E-state index in [1.807, 2.05) is 4.90 Å². The van der Waals surface area contributed by atoms with Crippen LogP contribution in [0.15, 0.2) is 12.4 Å². The van der Waals surface area contributed by atoms with Gasteiger partial charge in [-0.1, -0.05) is 0 Å². The number of hydrogen-bond acceptors (Lipinski definition) is 7. The average Bonchev–Trinajstić information content (AvgIpc) is 3.34. The van der Waals surface area contributed by atoms with E-state index in [1.165, 1.54) is 17.8 Å². The van der Waals surface area contributed by atoms with Gasteiger partial charge in [0.2, 0.25) is 0 Å². The first kappa shape index (κ1) is 23.6. The van der Waals surface area contributed by atoms with Crippen LogP contribution in [-0.4, -0.2) is 62.3 Å². The lowest BCUT2D eigenvalue weighted by Crippen LogP contribution is -2.42. The average molecular weight is 496 g/mol. The third kappa shape index (κ3) is 4.47. The highest BCUT2D eigenvalue weighted by atomic mass is 19.4. The van der Waals surface area contributed by atoms with E-state index >= 15 is 0 Å². The third-order valence-electron chi connectivity index (χ3n) is 7.00. The zero-order valence-corrected chi connectivity index (χ0v) is 19.4. The van der Waals surface area contributed by atoms with Gasteiger partial charge in [-0.05, 0) is 38.5 Å². The van der Waals surface area contributed by atoms with Gasteiger partial charge in [0.15, 0.2) is 11.3 Å². The zero-order valence-electron chi connectivity index (χ0n) is 19.4. The van der Waals surface area contributed by atoms with E-state index in [0.29, 0.717) is 48.9 Å². The van der Waals surface area contributed by atoms with Crippen molar-refractivity contribution in [1.82, 2.24) is 29.7 Å². The van der Waals surface area contributed by atoms with Crippen molar-refractivity contribution in [2.45, 2.75) is 52.3 Å². The summed E-state index contributed by atoms with van der Waals surface area (Å²) in [6.45, 7) is 4.90. The summed E-state index contributed by atoms with van der Waals surface area (Å²) in [6, 6.07) is 0. The van der Waals surface area contributed by atoms with Crippen molar-refractivity contribution in [1.29, 1.82) is 0 Å². The number of nitrogens with zero attached hydrogens (tertiary/aromatic N) is 8. The number of piperidine rings is 1. The predicted molar refractivity (Wildman–Crippen MR) is 119 cm³/mol. The van der Waals surface area contributed by atoms with Crippen LogP contribution < -0.4 is 9.80 Å². The Kier molecular flexibility index (Phi) is 5.75. The molecule has 0 aliphatic carbocycles. The molecule has 2 aliphatic heterocycles. The number of hydrogen-bond donors (Lipinski definition) is 0. The van der Waals surface area contributed by atoms with Gasteiger partial charge in [0.05, 0.1) is 23.8 Å². The van der Waals surface area contributed by atoms with Crippen molar-refractivity contribution in [3.8, 4) is 0 Å². The second-order valence-corrected chi connectivity index (χ2v) is 9.37. The quantitative estimate of drug-likeness (QED) is 0.505. The standard InChI is InChI=1S/C22H25F5N8/c1-13-18-20(35(32-13)11-16(23)24)31-17(10-29-18)33-6-3-21(4-7-33)5-8-34(12-21)15-9-28-14(2)30-19(15)22(25,26)27/h9-10,16H,3-8,11-12H2,1-2H3. The Balaban J connectivity index is 1.31. The summed E-state index contributed by atoms with van der Waals surface area (Å²) in [5.74, 6) is 0.676. The molecule has 188 valence electrons. The fourth-order valence-electron chi connectivity index (χ4n) is 5.15. The smallest absolute Gasteiger partial charge is 0.368 e. The third-order valence-corrected chi connectivity index (χ3v) is 7.00. The number of fused-ring (bicyclic) bond motifs is 1. The van der Waals surface area contributed by atoms with Crippen LogP contribution in [0.3, 0.4) is 0 Å². The molecule has 5 heterocycles. The minimum absolute atomic E-state index is 0.0291. The fourth-order valence-corrected chi connectivity index (χ4v) is 5.15. The summed E-state index contributed by atoms with van der Waals surface area (Å²) in [6.07, 6.45) is -1.89. The van der Waals surface area contributed by atoms with E-state index in [1.54, 1.807) is 18.0 Å². The lowest BCUT2D eigenvalue weighted by atomic mass is 9.78. The molecule has 2 fully saturated rings. The monoisotopic (exact) mass is 496 g/mol. The highest BCUT2D eigenvalue weighted by Gasteiger charge is 2.44. The predicted octanol–water partition coefficient (Wildman–Crippen LogP) is 4.01. The van der Waals surface area contributed by atoms with Crippen LogP contribution in [0.5, 0.6) is 0 Å². The van der Waals surface area contributed by atoms with Crippen molar-refractivity contribution in [2.75, 3.05) is 36.0 Å². The van der Waals surface area contributed by atoms with Gasteiger partial charge in [0.25, 0.3) is 6.43 Å². The first-order valence-corrected chi connectivity index (χ1v) is 11.4. The van der Waals surface area contributed by atoms with Crippen LogP contribution in [0.25, 0.3) is 11.2 Å². The van der Waals surface area contributed by atoms with Crippen LogP contribution >= 0.6 is 0 Å². The zero-order chi connectivity index (χ0) is 25.0. The number of alkyl halides is 5. The van der Waals surface area contributed by atoms with Crippen molar-refractivity contribution >= 4 is 22.7 Å². The summed E-state index contributed by atoms with van der Waals surface area (Å²) in [5.41, 5.74) is 0.388. The van der Waals surface area contributed by atoms with Gasteiger partial charge in [0, 0.05) is 26.2 Å². The van der Waals surface area contributed by atoms with Gasteiger partial charge in [-0.15, -0.1) is 0 Å². The Labute approximate surface area is 198 Å². The number of rotatable bonds is 4. The molecule has 5 rings (SSSR count). The molecular formula is C22H25F5N8. The molecule has 0 N–H and O–H groups in total. The Morgan fingerprint density at radius 1 is 0.971 bits per heavy atom. The van der Waals surface area contributed by atoms with Crippen molar-refractivity contribution in [2.24, 2.45) is 5.41 Å². The number of aromatic nitrogens is 6. The van der Waals surface area contributed by atoms with Gasteiger partial charge < -0.3 is 9.80 Å². The van der Waals surface area contributed by atoms with Crippen molar-refractivity contribution in [3.63, 3.8) is 0 Å². The Morgan fingerprint density at radius 3 is 2.31 bits per heavy atom. The lowest BCUT2D eigenvalue weighted by molar-refractivity contribution is -0.140. The van der Waals surface area contributed by atoms with E-state index in [0.717, 1.165) is 19.3 Å². The van der Waals surface area contributed by atoms with Gasteiger partial charge in [-0.2, -0.15) is 18.3 Å². The number of aryl methyl sites for hydroxylation is 2. The topological polar surface area (TPSA) is 75.9 Å². The first-order chi connectivity index (χ1) is 16.5. The van der Waals surface area contributed by atoms with Gasteiger partial charge in [-0.25, -0.2) is 33.4 Å². The van der Waals surface area contributed by atoms with E-state index in [2.05, 4.69) is 25.0 Å². The molecule has 2 saturated heterocycles. The Bertz CT molecular complexity index is 1230. The van der Waals surface area contributed by atoms with Gasteiger partial charge in [-0.3, -0.25) is 0 Å². The fraction of sp³-hybridized carbons (Fsp3) is 0.591. The molecule has 3 aromatic heterocycles. The Morgan fingerprint density at radius 2 is 1.66 bits per heavy atom. The maximum atomic E-state index is 13.6. The molecule has 3 aromatic rings. The SMILES string of the molecule is Cc1ncc(N2CCC3(CCN(c4cnc5c(C)nn(CC(F)F)c5n4)CC3)C2)c(C(F)(F)F)n1. The van der Waals surface area contributed by atoms with Crippen LogP contribution in [0, 0.1) is 19.3 Å². The molecule has 13 heteroatoms. The molecule has 2 aliphatic rings. The van der Waals surface area contributed by atoms with Gasteiger partial charge in [0.1, 0.15) is 23.7 Å². The van der Waals surface area contributed by atoms with Crippen molar-refractivity contribution < 1.29 is 22.0 Å². The van der Waals surface area contributed by atoms with Crippen molar-refractivity contribution in [3.05, 3.63) is 29.6 Å². The normalized spacial score (nSPS) is 18.4. The molecule has 0 radical (unpaired) electrons. The summed E-state index contributed by atoms with van der Waals surface area (Å²) in [5, 5.41) is 4.14. The maximum absolute atomic E-state index is 13.6. The number of anilines is 2. The molecule has 0 unspecified atom stereocenters. The second kappa shape index (κ2) is 8.52. The maximum Gasteiger partial charge on any atom is 0.435 e. The van der Waals surface area contributed by atoms with E-state index in [4.69, 9.17) is 0 Å². The molecule has 0 atom stereocenters.